The largest absolute Gasteiger partial charge is 0.493 e. The van der Waals surface area contributed by atoms with Crippen LogP contribution in [0.2, 0.25) is 0 Å². The Kier molecular flexibility index (Phi) is 5.78. The maximum absolute atomic E-state index is 13.2. The molecule has 28 heavy (non-hydrogen) atoms. The Hall–Kier alpha value is -2.75. The van der Waals surface area contributed by atoms with Gasteiger partial charge >= 0.3 is 6.18 Å². The van der Waals surface area contributed by atoms with Gasteiger partial charge in [0.25, 0.3) is 5.91 Å². The molecule has 10 heteroatoms. The molecule has 1 aromatic carbocycles. The lowest BCUT2D eigenvalue weighted by atomic mass is 10.1. The minimum absolute atomic E-state index is 0.0690. The van der Waals surface area contributed by atoms with Gasteiger partial charge in [-0.05, 0) is 12.1 Å². The molecule has 0 saturated heterocycles. The summed E-state index contributed by atoms with van der Waals surface area (Å²) in [5, 5.41) is 6.39. The van der Waals surface area contributed by atoms with Crippen LogP contribution in [0.4, 0.5) is 13.2 Å². The van der Waals surface area contributed by atoms with Crippen LogP contribution in [-0.4, -0.2) is 43.1 Å². The molecule has 2 aromatic rings. The number of carbonyl (C=O) groups excluding carboxylic acids is 1. The summed E-state index contributed by atoms with van der Waals surface area (Å²) >= 11 is 0. The summed E-state index contributed by atoms with van der Waals surface area (Å²) in [6.07, 6.45) is -4.21. The lowest BCUT2D eigenvalue weighted by molar-refractivity contribution is -0.142. The molecule has 1 N–H and O–H groups in total. The molecule has 152 valence electrons. The standard InChI is InChI=1S/C18H20F3N3O4/c1-26-14-5-3-4-11(15(14)27-2)17(25)22-7-8-24-13-6-9-28-10-12(13)16(23-24)18(19,20)21/h3-5H,6-10H2,1-2H3,(H,22,25). The van der Waals surface area contributed by atoms with E-state index in [-0.39, 0.29) is 36.6 Å². The van der Waals surface area contributed by atoms with E-state index in [2.05, 4.69) is 10.4 Å². The van der Waals surface area contributed by atoms with Crippen LogP contribution in [0, 0.1) is 0 Å². The molecule has 7 nitrogen and oxygen atoms in total. The molecule has 1 aliphatic heterocycles. The summed E-state index contributed by atoms with van der Waals surface area (Å²) in [6.45, 7) is 0.433. The fourth-order valence-corrected chi connectivity index (χ4v) is 3.16. The van der Waals surface area contributed by atoms with Gasteiger partial charge in [0.15, 0.2) is 17.2 Å². The van der Waals surface area contributed by atoms with Crippen molar-refractivity contribution in [3.05, 3.63) is 40.7 Å². The van der Waals surface area contributed by atoms with E-state index in [1.54, 1.807) is 18.2 Å². The molecule has 0 aliphatic carbocycles. The molecule has 0 fully saturated rings. The lowest BCUT2D eigenvalue weighted by Crippen LogP contribution is -2.28. The zero-order valence-electron chi connectivity index (χ0n) is 15.4. The number of benzene rings is 1. The number of halogens is 3. The van der Waals surface area contributed by atoms with Crippen molar-refractivity contribution in [3.8, 4) is 11.5 Å². The average Bonchev–Trinajstić information content (AvgIpc) is 3.06. The van der Waals surface area contributed by atoms with E-state index in [0.717, 1.165) is 0 Å². The van der Waals surface area contributed by atoms with Gasteiger partial charge in [0, 0.05) is 24.2 Å². The van der Waals surface area contributed by atoms with Crippen LogP contribution < -0.4 is 14.8 Å². The van der Waals surface area contributed by atoms with Gasteiger partial charge in [0.1, 0.15) is 0 Å². The van der Waals surface area contributed by atoms with E-state index in [0.29, 0.717) is 24.5 Å². The van der Waals surface area contributed by atoms with Crippen molar-refractivity contribution >= 4 is 5.91 Å². The number of amides is 1. The number of aromatic nitrogens is 2. The number of hydrogen-bond donors (Lipinski definition) is 1. The summed E-state index contributed by atoms with van der Waals surface area (Å²) in [5.74, 6) is 0.276. The zero-order valence-corrected chi connectivity index (χ0v) is 15.4. The van der Waals surface area contributed by atoms with Crippen LogP contribution in [0.3, 0.4) is 0 Å². The molecule has 0 bridgehead atoms. The van der Waals surface area contributed by atoms with Crippen LogP contribution in [0.15, 0.2) is 18.2 Å². The fourth-order valence-electron chi connectivity index (χ4n) is 3.16. The smallest absolute Gasteiger partial charge is 0.435 e. The molecular weight excluding hydrogens is 379 g/mol. The minimum atomic E-state index is -4.55. The van der Waals surface area contributed by atoms with E-state index in [1.165, 1.54) is 18.9 Å². The first-order valence-corrected chi connectivity index (χ1v) is 8.59. The van der Waals surface area contributed by atoms with Gasteiger partial charge in [-0.15, -0.1) is 0 Å². The molecule has 1 aromatic heterocycles. The third-order valence-electron chi connectivity index (χ3n) is 4.42. The van der Waals surface area contributed by atoms with Gasteiger partial charge in [0.2, 0.25) is 0 Å². The van der Waals surface area contributed by atoms with E-state index in [1.807, 2.05) is 0 Å². The van der Waals surface area contributed by atoms with Gasteiger partial charge < -0.3 is 19.5 Å². The molecule has 3 rings (SSSR count). The van der Waals surface area contributed by atoms with Gasteiger partial charge in [-0.2, -0.15) is 18.3 Å². The highest BCUT2D eigenvalue weighted by Gasteiger charge is 2.39. The first-order valence-electron chi connectivity index (χ1n) is 8.59. The van der Waals surface area contributed by atoms with Crippen molar-refractivity contribution in [1.29, 1.82) is 0 Å². The van der Waals surface area contributed by atoms with Crippen LogP contribution in [0.25, 0.3) is 0 Å². The second-order valence-corrected chi connectivity index (χ2v) is 6.09. The number of para-hydroxylation sites is 1. The molecule has 0 atom stereocenters. The zero-order chi connectivity index (χ0) is 20.3. The Balaban J connectivity index is 1.72. The predicted octanol–water partition coefficient (Wildman–Crippen LogP) is 2.42. The topological polar surface area (TPSA) is 74.6 Å². The van der Waals surface area contributed by atoms with Crippen molar-refractivity contribution in [1.82, 2.24) is 15.1 Å². The van der Waals surface area contributed by atoms with Gasteiger partial charge in [-0.25, -0.2) is 0 Å². The monoisotopic (exact) mass is 399 g/mol. The van der Waals surface area contributed by atoms with Crippen molar-refractivity contribution in [2.45, 2.75) is 25.7 Å². The lowest BCUT2D eigenvalue weighted by Gasteiger charge is -2.16. The Morgan fingerprint density at radius 3 is 2.79 bits per heavy atom. The Morgan fingerprint density at radius 1 is 1.32 bits per heavy atom. The van der Waals surface area contributed by atoms with Crippen molar-refractivity contribution in [2.24, 2.45) is 0 Å². The Morgan fingerprint density at radius 2 is 2.11 bits per heavy atom. The average molecular weight is 399 g/mol. The second kappa shape index (κ2) is 8.09. The molecule has 0 spiro atoms. The number of hydrogen-bond acceptors (Lipinski definition) is 5. The molecule has 0 unspecified atom stereocenters. The first kappa shape index (κ1) is 20.0. The van der Waals surface area contributed by atoms with Gasteiger partial charge in [-0.3, -0.25) is 9.48 Å². The number of nitrogens with zero attached hydrogens (tertiary/aromatic N) is 2. The van der Waals surface area contributed by atoms with Crippen LogP contribution >= 0.6 is 0 Å². The van der Waals surface area contributed by atoms with Crippen LogP contribution in [0.1, 0.15) is 27.3 Å². The van der Waals surface area contributed by atoms with E-state index in [9.17, 15) is 18.0 Å². The normalized spacial score (nSPS) is 13.8. The summed E-state index contributed by atoms with van der Waals surface area (Å²) in [6, 6.07) is 4.88. The van der Waals surface area contributed by atoms with Crippen molar-refractivity contribution in [3.63, 3.8) is 0 Å². The Labute approximate surface area is 159 Å². The number of alkyl halides is 3. The second-order valence-electron chi connectivity index (χ2n) is 6.09. The van der Waals surface area contributed by atoms with Gasteiger partial charge in [-0.1, -0.05) is 6.07 Å². The maximum Gasteiger partial charge on any atom is 0.435 e. The first-order chi connectivity index (χ1) is 13.4. The van der Waals surface area contributed by atoms with E-state index < -0.39 is 17.8 Å². The molecule has 2 heterocycles. The number of fused-ring (bicyclic) bond motifs is 1. The molecule has 0 saturated carbocycles. The number of nitrogens with one attached hydrogen (secondary N) is 1. The summed E-state index contributed by atoms with van der Waals surface area (Å²) in [5.41, 5.74) is -0.0944. The summed E-state index contributed by atoms with van der Waals surface area (Å²) < 4.78 is 56.4. The molecule has 1 amide bonds. The van der Waals surface area contributed by atoms with Crippen molar-refractivity contribution in [2.75, 3.05) is 27.4 Å². The SMILES string of the molecule is COc1cccc(C(=O)NCCn2nc(C(F)(F)F)c3c2CCOC3)c1OC. The third kappa shape index (κ3) is 3.91. The minimum Gasteiger partial charge on any atom is -0.493 e. The van der Waals surface area contributed by atoms with E-state index >= 15 is 0 Å². The highest BCUT2D eigenvalue weighted by atomic mass is 19.4. The van der Waals surface area contributed by atoms with Crippen molar-refractivity contribution < 1.29 is 32.2 Å². The quantitative estimate of drug-likeness (QED) is 0.808. The molecular formula is C18H20F3N3O4. The molecule has 1 aliphatic rings. The summed E-state index contributed by atoms with van der Waals surface area (Å²) in [7, 11) is 2.88. The van der Waals surface area contributed by atoms with Crippen LogP contribution in [-0.2, 0) is 30.5 Å². The number of ether oxygens (including phenoxy) is 3. The number of methoxy groups -OCH3 is 2. The maximum atomic E-state index is 13.2. The van der Waals surface area contributed by atoms with E-state index in [4.69, 9.17) is 14.2 Å². The van der Waals surface area contributed by atoms with Gasteiger partial charge in [0.05, 0.1) is 39.5 Å². The highest BCUT2D eigenvalue weighted by molar-refractivity contribution is 5.97. The van der Waals surface area contributed by atoms with Crippen LogP contribution in [0.5, 0.6) is 11.5 Å². The fraction of sp³-hybridized carbons (Fsp3) is 0.444. The molecule has 0 radical (unpaired) electrons. The third-order valence-corrected chi connectivity index (χ3v) is 4.42. The number of carbonyl (C=O) groups is 1. The summed E-state index contributed by atoms with van der Waals surface area (Å²) in [4.78, 5) is 12.5. The number of rotatable bonds is 6. The Bertz CT molecular complexity index is 864. The predicted molar refractivity (Wildman–Crippen MR) is 92.5 cm³/mol. The highest BCUT2D eigenvalue weighted by Crippen LogP contribution is 2.34.